The molecular formula is C24H14FNO2. The van der Waals surface area contributed by atoms with E-state index < -0.39 is 11.8 Å². The first kappa shape index (κ1) is 16.4. The van der Waals surface area contributed by atoms with Crippen molar-refractivity contribution in [1.29, 1.82) is 0 Å². The molecule has 1 aliphatic rings. The molecule has 4 aromatic rings. The third-order valence-electron chi connectivity index (χ3n) is 4.79. The lowest BCUT2D eigenvalue weighted by atomic mass is 9.96. The van der Waals surface area contributed by atoms with E-state index in [9.17, 15) is 9.18 Å². The van der Waals surface area contributed by atoms with Crippen LogP contribution in [0.25, 0.3) is 27.6 Å². The highest BCUT2D eigenvalue weighted by molar-refractivity contribution is 6.15. The van der Waals surface area contributed by atoms with Crippen LogP contribution in [0, 0.1) is 5.82 Å². The van der Waals surface area contributed by atoms with E-state index in [1.54, 1.807) is 18.2 Å². The molecular weight excluding hydrogens is 353 g/mol. The molecule has 4 heteroatoms. The fourth-order valence-electron chi connectivity index (χ4n) is 3.50. The number of carbonyl (C=O) groups is 1. The minimum Gasteiger partial charge on any atom is -0.402 e. The molecule has 3 nitrogen and oxygen atoms in total. The Bertz CT molecular complexity index is 1270. The first-order valence-electron chi connectivity index (χ1n) is 8.88. The summed E-state index contributed by atoms with van der Waals surface area (Å²) in [5.41, 5.74) is 1.53. The molecule has 0 saturated carbocycles. The number of hydrogen-bond acceptors (Lipinski definition) is 3. The van der Waals surface area contributed by atoms with Crippen molar-refractivity contribution in [2.45, 2.75) is 0 Å². The average Bonchev–Trinajstić information content (AvgIpc) is 3.08. The van der Waals surface area contributed by atoms with Gasteiger partial charge < -0.3 is 4.74 Å². The molecule has 0 N–H and O–H groups in total. The van der Waals surface area contributed by atoms with Crippen molar-refractivity contribution >= 4 is 39.5 Å². The van der Waals surface area contributed by atoms with Gasteiger partial charge in [0.1, 0.15) is 5.82 Å². The number of aliphatic imine (C=N–C) groups is 1. The summed E-state index contributed by atoms with van der Waals surface area (Å²) in [6.07, 6.45) is 1.75. The van der Waals surface area contributed by atoms with Crippen LogP contribution >= 0.6 is 0 Å². The van der Waals surface area contributed by atoms with Crippen LogP contribution in [0.3, 0.4) is 0 Å². The predicted molar refractivity (Wildman–Crippen MR) is 108 cm³/mol. The number of fused-ring (bicyclic) bond motifs is 2. The number of cyclic esters (lactones) is 1. The molecule has 28 heavy (non-hydrogen) atoms. The molecule has 0 aliphatic carbocycles. The zero-order chi connectivity index (χ0) is 19.1. The highest BCUT2D eigenvalue weighted by Crippen LogP contribution is 2.31. The lowest BCUT2D eigenvalue weighted by molar-refractivity contribution is -0.129. The Labute approximate surface area is 160 Å². The van der Waals surface area contributed by atoms with Gasteiger partial charge in [0.15, 0.2) is 5.70 Å². The summed E-state index contributed by atoms with van der Waals surface area (Å²) in [5, 5.41) is 4.20. The third kappa shape index (κ3) is 2.76. The van der Waals surface area contributed by atoms with Crippen LogP contribution in [0.2, 0.25) is 0 Å². The molecule has 0 bridgehead atoms. The highest BCUT2D eigenvalue weighted by Gasteiger charge is 2.25. The largest absolute Gasteiger partial charge is 0.402 e. The number of ether oxygens (including phenoxy) is 1. The van der Waals surface area contributed by atoms with E-state index in [4.69, 9.17) is 4.74 Å². The van der Waals surface area contributed by atoms with Crippen LogP contribution in [-0.2, 0) is 9.53 Å². The SMILES string of the molecule is O=C1OC(c2cccc(F)c2)=NC1=Cc1c2ccccc2cc2ccccc12. The number of hydrogen-bond donors (Lipinski definition) is 0. The Balaban J connectivity index is 1.72. The molecule has 0 amide bonds. The van der Waals surface area contributed by atoms with Gasteiger partial charge in [0.25, 0.3) is 0 Å². The van der Waals surface area contributed by atoms with Crippen molar-refractivity contribution in [3.63, 3.8) is 0 Å². The van der Waals surface area contributed by atoms with Gasteiger partial charge in [-0.1, -0.05) is 54.6 Å². The molecule has 5 rings (SSSR count). The maximum atomic E-state index is 13.5. The second kappa shape index (κ2) is 6.43. The van der Waals surface area contributed by atoms with Crippen LogP contribution in [0.1, 0.15) is 11.1 Å². The topological polar surface area (TPSA) is 38.7 Å². The second-order valence-corrected chi connectivity index (χ2v) is 6.58. The first-order chi connectivity index (χ1) is 13.7. The van der Waals surface area contributed by atoms with Crippen molar-refractivity contribution in [2.24, 2.45) is 4.99 Å². The summed E-state index contributed by atoms with van der Waals surface area (Å²) in [6, 6.07) is 24.0. The Morgan fingerprint density at radius 3 is 2.18 bits per heavy atom. The first-order valence-corrected chi connectivity index (χ1v) is 8.88. The van der Waals surface area contributed by atoms with E-state index >= 15 is 0 Å². The number of esters is 1. The van der Waals surface area contributed by atoms with E-state index in [1.807, 2.05) is 48.5 Å². The predicted octanol–water partition coefficient (Wildman–Crippen LogP) is 5.48. The molecule has 0 unspecified atom stereocenters. The summed E-state index contributed by atoms with van der Waals surface area (Å²) < 4.78 is 18.8. The smallest absolute Gasteiger partial charge is 0.363 e. The molecule has 134 valence electrons. The quantitative estimate of drug-likeness (QED) is 0.267. The molecule has 0 saturated heterocycles. The molecule has 4 aromatic carbocycles. The van der Waals surface area contributed by atoms with Gasteiger partial charge >= 0.3 is 5.97 Å². The summed E-state index contributed by atoms with van der Waals surface area (Å²) in [6.45, 7) is 0. The average molecular weight is 367 g/mol. The normalized spacial score (nSPS) is 15.2. The Morgan fingerprint density at radius 1 is 0.821 bits per heavy atom. The summed E-state index contributed by atoms with van der Waals surface area (Å²) >= 11 is 0. The minimum atomic E-state index is -0.545. The van der Waals surface area contributed by atoms with E-state index in [2.05, 4.69) is 11.1 Å². The van der Waals surface area contributed by atoms with Gasteiger partial charge in [-0.25, -0.2) is 14.2 Å². The van der Waals surface area contributed by atoms with Crippen molar-refractivity contribution in [2.75, 3.05) is 0 Å². The van der Waals surface area contributed by atoms with Gasteiger partial charge in [-0.3, -0.25) is 0 Å². The zero-order valence-corrected chi connectivity index (χ0v) is 14.7. The van der Waals surface area contributed by atoms with Crippen molar-refractivity contribution in [3.8, 4) is 0 Å². The zero-order valence-electron chi connectivity index (χ0n) is 14.7. The molecule has 0 atom stereocenters. The number of rotatable bonds is 2. The monoisotopic (exact) mass is 367 g/mol. The number of halogens is 1. The molecule has 0 fully saturated rings. The summed E-state index contributed by atoms with van der Waals surface area (Å²) in [5.74, 6) is -0.842. The van der Waals surface area contributed by atoms with E-state index in [0.29, 0.717) is 5.56 Å². The van der Waals surface area contributed by atoms with E-state index in [0.717, 1.165) is 27.1 Å². The molecule has 1 heterocycles. The van der Waals surface area contributed by atoms with Crippen LogP contribution in [0.4, 0.5) is 4.39 Å². The molecule has 0 spiro atoms. The lowest BCUT2D eigenvalue weighted by Crippen LogP contribution is -2.05. The summed E-state index contributed by atoms with van der Waals surface area (Å²) in [7, 11) is 0. The van der Waals surface area contributed by atoms with Gasteiger partial charge in [-0.05, 0) is 57.4 Å². The van der Waals surface area contributed by atoms with Gasteiger partial charge in [0.05, 0.1) is 0 Å². The standard InChI is InChI=1S/C24H14FNO2/c25-18-9-5-8-17(13-18)23-26-22(24(27)28-23)14-21-19-10-3-1-6-15(19)12-16-7-2-4-11-20(16)21/h1-14H. The van der Waals surface area contributed by atoms with Crippen molar-refractivity contribution < 1.29 is 13.9 Å². The van der Waals surface area contributed by atoms with Gasteiger partial charge in [0, 0.05) is 5.56 Å². The third-order valence-corrected chi connectivity index (χ3v) is 4.79. The Morgan fingerprint density at radius 2 is 1.50 bits per heavy atom. The lowest BCUT2D eigenvalue weighted by Gasteiger charge is -2.08. The Hall–Kier alpha value is -3.79. The fourth-order valence-corrected chi connectivity index (χ4v) is 3.50. The van der Waals surface area contributed by atoms with Crippen molar-refractivity contribution in [3.05, 3.63) is 102 Å². The molecule has 0 aromatic heterocycles. The molecule has 1 aliphatic heterocycles. The summed E-state index contributed by atoms with van der Waals surface area (Å²) in [4.78, 5) is 16.7. The van der Waals surface area contributed by atoms with Crippen LogP contribution in [0.15, 0.2) is 89.6 Å². The number of carbonyl (C=O) groups excluding carboxylic acids is 1. The fraction of sp³-hybridized carbons (Fsp3) is 0. The maximum absolute atomic E-state index is 13.5. The second-order valence-electron chi connectivity index (χ2n) is 6.58. The van der Waals surface area contributed by atoms with E-state index in [1.165, 1.54) is 12.1 Å². The van der Waals surface area contributed by atoms with E-state index in [-0.39, 0.29) is 11.6 Å². The van der Waals surface area contributed by atoms with Crippen LogP contribution in [0.5, 0.6) is 0 Å². The van der Waals surface area contributed by atoms with Gasteiger partial charge in [0.2, 0.25) is 5.90 Å². The number of benzene rings is 4. The minimum absolute atomic E-state index is 0.111. The van der Waals surface area contributed by atoms with Crippen LogP contribution < -0.4 is 0 Å². The van der Waals surface area contributed by atoms with Gasteiger partial charge in [-0.15, -0.1) is 0 Å². The molecule has 0 radical (unpaired) electrons. The highest BCUT2D eigenvalue weighted by atomic mass is 19.1. The Kier molecular flexibility index (Phi) is 3.76. The van der Waals surface area contributed by atoms with Crippen molar-refractivity contribution in [1.82, 2.24) is 0 Å². The van der Waals surface area contributed by atoms with Gasteiger partial charge in [-0.2, -0.15) is 0 Å². The maximum Gasteiger partial charge on any atom is 0.363 e. The number of nitrogens with zero attached hydrogens (tertiary/aromatic N) is 1. The van der Waals surface area contributed by atoms with Crippen LogP contribution in [-0.4, -0.2) is 11.9 Å².